The van der Waals surface area contributed by atoms with Gasteiger partial charge in [-0.25, -0.2) is 8.42 Å². The summed E-state index contributed by atoms with van der Waals surface area (Å²) in [5.41, 5.74) is 0.905. The van der Waals surface area contributed by atoms with E-state index in [1.165, 1.54) is 6.42 Å². The Morgan fingerprint density at radius 1 is 1.39 bits per heavy atom. The Bertz CT molecular complexity index is 475. The molecule has 18 heavy (non-hydrogen) atoms. The van der Waals surface area contributed by atoms with Crippen LogP contribution in [0, 0.1) is 5.92 Å². The third kappa shape index (κ3) is 3.48. The predicted molar refractivity (Wildman–Crippen MR) is 72.0 cm³/mol. The molecule has 1 aromatic rings. The van der Waals surface area contributed by atoms with Gasteiger partial charge in [-0.2, -0.15) is 5.10 Å². The molecule has 6 heteroatoms. The third-order valence-corrected chi connectivity index (χ3v) is 4.96. The van der Waals surface area contributed by atoms with E-state index in [1.807, 2.05) is 6.92 Å². The topological polar surface area (TPSA) is 74.8 Å². The summed E-state index contributed by atoms with van der Waals surface area (Å²) >= 11 is 0. The van der Waals surface area contributed by atoms with Gasteiger partial charge in [-0.1, -0.05) is 26.2 Å². The number of H-pyrrole nitrogens is 1. The minimum atomic E-state index is -3.26. The Morgan fingerprint density at radius 3 is 2.78 bits per heavy atom. The van der Waals surface area contributed by atoms with Crippen molar-refractivity contribution < 1.29 is 8.42 Å². The van der Waals surface area contributed by atoms with E-state index in [4.69, 9.17) is 0 Å². The fraction of sp³-hybridized carbons (Fsp3) is 0.750. The molecule has 0 spiro atoms. The van der Waals surface area contributed by atoms with Crippen LogP contribution in [0.3, 0.4) is 0 Å². The molecular weight excluding hydrogens is 250 g/mol. The Labute approximate surface area is 108 Å². The van der Waals surface area contributed by atoms with Crippen LogP contribution in [-0.4, -0.2) is 24.4 Å². The summed E-state index contributed by atoms with van der Waals surface area (Å²) in [4.78, 5) is 0. The third-order valence-electron chi connectivity index (χ3n) is 3.54. The van der Waals surface area contributed by atoms with E-state index in [0.717, 1.165) is 37.7 Å². The Morgan fingerprint density at radius 2 is 2.11 bits per heavy atom. The second kappa shape index (κ2) is 5.73. The van der Waals surface area contributed by atoms with Gasteiger partial charge in [0.05, 0.1) is 11.9 Å². The lowest BCUT2D eigenvalue weighted by molar-refractivity contribution is 0.385. The maximum absolute atomic E-state index is 12.1. The maximum atomic E-state index is 12.1. The number of rotatable bonds is 5. The minimum absolute atomic E-state index is 0.231. The van der Waals surface area contributed by atoms with Crippen molar-refractivity contribution >= 4 is 15.8 Å². The normalized spacial score (nSPS) is 17.8. The molecule has 0 aliphatic heterocycles. The van der Waals surface area contributed by atoms with Gasteiger partial charge >= 0.3 is 0 Å². The van der Waals surface area contributed by atoms with Gasteiger partial charge in [-0.3, -0.25) is 9.82 Å². The average Bonchev–Trinajstić information content (AvgIpc) is 2.76. The van der Waals surface area contributed by atoms with Gasteiger partial charge in [0.25, 0.3) is 0 Å². The number of aromatic nitrogens is 2. The van der Waals surface area contributed by atoms with Crippen molar-refractivity contribution in [3.8, 4) is 0 Å². The first-order valence-electron chi connectivity index (χ1n) is 6.63. The highest BCUT2D eigenvalue weighted by atomic mass is 32.2. The van der Waals surface area contributed by atoms with Crippen LogP contribution < -0.4 is 4.72 Å². The van der Waals surface area contributed by atoms with Gasteiger partial charge in [0, 0.05) is 5.56 Å². The van der Waals surface area contributed by atoms with Crippen LogP contribution in [0.2, 0.25) is 0 Å². The molecule has 1 aliphatic rings. The molecule has 1 saturated carbocycles. The quantitative estimate of drug-likeness (QED) is 0.862. The maximum Gasteiger partial charge on any atom is 0.234 e. The Balaban J connectivity index is 1.98. The predicted octanol–water partition coefficient (Wildman–Crippen LogP) is 2.29. The molecule has 1 fully saturated rings. The lowest BCUT2D eigenvalue weighted by Crippen LogP contribution is -2.24. The fourth-order valence-electron chi connectivity index (χ4n) is 2.53. The van der Waals surface area contributed by atoms with Crippen molar-refractivity contribution in [3.05, 3.63) is 11.8 Å². The molecule has 0 aromatic carbocycles. The van der Waals surface area contributed by atoms with E-state index in [9.17, 15) is 8.42 Å². The number of hydrogen-bond acceptors (Lipinski definition) is 3. The molecule has 0 atom stereocenters. The van der Waals surface area contributed by atoms with Gasteiger partial charge in [0.15, 0.2) is 0 Å². The summed E-state index contributed by atoms with van der Waals surface area (Å²) in [5, 5.41) is 6.58. The first-order chi connectivity index (χ1) is 8.61. The van der Waals surface area contributed by atoms with E-state index in [2.05, 4.69) is 14.9 Å². The molecule has 0 amide bonds. The molecule has 102 valence electrons. The minimum Gasteiger partial charge on any atom is -0.267 e. The molecule has 1 aliphatic carbocycles. The summed E-state index contributed by atoms with van der Waals surface area (Å²) < 4.78 is 26.8. The highest BCUT2D eigenvalue weighted by Crippen LogP contribution is 2.25. The Hall–Kier alpha value is -1.04. The van der Waals surface area contributed by atoms with Crippen molar-refractivity contribution in [2.24, 2.45) is 5.92 Å². The van der Waals surface area contributed by atoms with Crippen LogP contribution in [0.4, 0.5) is 5.82 Å². The van der Waals surface area contributed by atoms with Crippen LogP contribution in [-0.2, 0) is 16.4 Å². The molecule has 0 bridgehead atoms. The molecule has 1 heterocycles. The lowest BCUT2D eigenvalue weighted by atomic mass is 9.91. The molecule has 1 aromatic heterocycles. The molecule has 2 N–H and O–H groups in total. The first-order valence-corrected chi connectivity index (χ1v) is 8.28. The number of sulfonamides is 1. The number of aromatic amines is 1. The van der Waals surface area contributed by atoms with Crippen LogP contribution >= 0.6 is 0 Å². The smallest absolute Gasteiger partial charge is 0.234 e. The monoisotopic (exact) mass is 271 g/mol. The summed E-state index contributed by atoms with van der Waals surface area (Å²) in [5.74, 6) is 1.06. The van der Waals surface area contributed by atoms with Gasteiger partial charge in [-0.05, 0) is 25.2 Å². The van der Waals surface area contributed by atoms with Crippen LogP contribution in [0.5, 0.6) is 0 Å². The largest absolute Gasteiger partial charge is 0.267 e. The van der Waals surface area contributed by atoms with Crippen molar-refractivity contribution in [2.75, 3.05) is 10.5 Å². The second-order valence-electron chi connectivity index (χ2n) is 5.01. The second-order valence-corrected chi connectivity index (χ2v) is 6.78. The average molecular weight is 271 g/mol. The van der Waals surface area contributed by atoms with Crippen molar-refractivity contribution in [1.29, 1.82) is 0 Å². The highest BCUT2D eigenvalue weighted by Gasteiger charge is 2.22. The molecule has 0 saturated heterocycles. The van der Waals surface area contributed by atoms with E-state index >= 15 is 0 Å². The fourth-order valence-corrected chi connectivity index (χ4v) is 4.05. The molecular formula is C12H21N3O2S. The van der Waals surface area contributed by atoms with Gasteiger partial charge < -0.3 is 0 Å². The first kappa shape index (κ1) is 13.4. The van der Waals surface area contributed by atoms with E-state index in [0.29, 0.717) is 11.7 Å². The molecule has 0 radical (unpaired) electrons. The Kier molecular flexibility index (Phi) is 4.27. The number of hydrogen-bond donors (Lipinski definition) is 2. The summed E-state index contributed by atoms with van der Waals surface area (Å²) in [6.45, 7) is 1.98. The highest BCUT2D eigenvalue weighted by molar-refractivity contribution is 7.92. The van der Waals surface area contributed by atoms with Crippen molar-refractivity contribution in [1.82, 2.24) is 10.2 Å². The summed E-state index contributed by atoms with van der Waals surface area (Å²) in [6.07, 6.45) is 8.05. The zero-order chi connectivity index (χ0) is 13.0. The zero-order valence-corrected chi connectivity index (χ0v) is 11.6. The molecule has 5 nitrogen and oxygen atoms in total. The van der Waals surface area contributed by atoms with E-state index < -0.39 is 10.0 Å². The van der Waals surface area contributed by atoms with E-state index in [1.54, 1.807) is 6.20 Å². The number of nitrogens with one attached hydrogen (secondary N) is 2. The molecule has 2 rings (SSSR count). The van der Waals surface area contributed by atoms with Gasteiger partial charge in [0.2, 0.25) is 10.0 Å². The van der Waals surface area contributed by atoms with Crippen molar-refractivity contribution in [2.45, 2.75) is 45.4 Å². The van der Waals surface area contributed by atoms with Gasteiger partial charge in [-0.15, -0.1) is 0 Å². The summed E-state index contributed by atoms with van der Waals surface area (Å²) in [6, 6.07) is 0. The van der Waals surface area contributed by atoms with Crippen molar-refractivity contribution in [3.63, 3.8) is 0 Å². The number of aryl methyl sites for hydroxylation is 1. The summed E-state index contributed by atoms with van der Waals surface area (Å²) in [7, 11) is -3.26. The number of nitrogens with zero attached hydrogens (tertiary/aromatic N) is 1. The number of anilines is 1. The lowest BCUT2D eigenvalue weighted by Gasteiger charge is -2.21. The zero-order valence-electron chi connectivity index (χ0n) is 10.8. The van der Waals surface area contributed by atoms with Crippen LogP contribution in [0.1, 0.15) is 44.6 Å². The standard InChI is InChI=1S/C12H21N3O2S/c1-2-11-8-13-14-12(11)15-18(16,17)9-10-6-4-3-5-7-10/h8,10H,2-7,9H2,1H3,(H2,13,14,15). The molecule has 0 unspecified atom stereocenters. The SMILES string of the molecule is CCc1cn[nH]c1NS(=O)(=O)CC1CCCCC1. The van der Waals surface area contributed by atoms with Crippen LogP contribution in [0.25, 0.3) is 0 Å². The van der Waals surface area contributed by atoms with Crippen LogP contribution in [0.15, 0.2) is 6.20 Å². The van der Waals surface area contributed by atoms with Gasteiger partial charge in [0.1, 0.15) is 5.82 Å². The van der Waals surface area contributed by atoms with E-state index in [-0.39, 0.29) is 5.75 Å².